The van der Waals surface area contributed by atoms with Crippen LogP contribution in [0.4, 0.5) is 0 Å². The SMILES string of the molecule is CC(C)c1cc(CC#N)cc(C(C)C)c1C#N. The maximum atomic E-state index is 9.30. The Labute approximate surface area is 104 Å². The molecule has 88 valence electrons. The average molecular weight is 226 g/mol. The molecule has 0 fully saturated rings. The van der Waals surface area contributed by atoms with Crippen LogP contribution in [0.3, 0.4) is 0 Å². The highest BCUT2D eigenvalue weighted by molar-refractivity contribution is 5.50. The summed E-state index contributed by atoms with van der Waals surface area (Å²) in [5.74, 6) is 0.613. The topological polar surface area (TPSA) is 47.6 Å². The van der Waals surface area contributed by atoms with E-state index in [4.69, 9.17) is 5.26 Å². The van der Waals surface area contributed by atoms with Gasteiger partial charge in [-0.25, -0.2) is 0 Å². The summed E-state index contributed by atoms with van der Waals surface area (Å²) in [5, 5.41) is 18.1. The zero-order chi connectivity index (χ0) is 13.0. The first kappa shape index (κ1) is 13.3. The molecule has 1 aromatic carbocycles. The molecule has 0 heterocycles. The van der Waals surface area contributed by atoms with Crippen molar-refractivity contribution in [3.05, 3.63) is 34.4 Å². The summed E-state index contributed by atoms with van der Waals surface area (Å²) < 4.78 is 0. The Balaban J connectivity index is 3.48. The third-order valence-corrected chi connectivity index (χ3v) is 2.90. The van der Waals surface area contributed by atoms with E-state index in [-0.39, 0.29) is 0 Å². The monoisotopic (exact) mass is 226 g/mol. The number of hydrogen-bond acceptors (Lipinski definition) is 2. The summed E-state index contributed by atoms with van der Waals surface area (Å²) in [5.41, 5.74) is 3.92. The quantitative estimate of drug-likeness (QED) is 0.785. The molecular weight excluding hydrogens is 208 g/mol. The van der Waals surface area contributed by atoms with E-state index in [1.807, 2.05) is 12.1 Å². The normalized spacial score (nSPS) is 10.4. The Kier molecular flexibility index (Phi) is 4.30. The lowest BCUT2D eigenvalue weighted by molar-refractivity contribution is 0.822. The van der Waals surface area contributed by atoms with Crippen molar-refractivity contribution in [3.8, 4) is 12.1 Å². The lowest BCUT2D eigenvalue weighted by atomic mass is 9.87. The molecule has 0 saturated carbocycles. The fraction of sp³-hybridized carbons (Fsp3) is 0.467. The molecule has 1 rings (SSSR count). The van der Waals surface area contributed by atoms with E-state index in [1.165, 1.54) is 0 Å². The minimum absolute atomic E-state index is 0.306. The molecule has 0 amide bonds. The second-order valence-electron chi connectivity index (χ2n) is 4.91. The third kappa shape index (κ3) is 2.86. The van der Waals surface area contributed by atoms with Crippen LogP contribution in [0.5, 0.6) is 0 Å². The first-order valence-electron chi connectivity index (χ1n) is 5.95. The Hall–Kier alpha value is -1.80. The maximum absolute atomic E-state index is 9.30. The molecular formula is C15H18N2. The summed E-state index contributed by atoms with van der Waals surface area (Å²) in [6.07, 6.45) is 0.408. The van der Waals surface area contributed by atoms with Gasteiger partial charge >= 0.3 is 0 Å². The van der Waals surface area contributed by atoms with Crippen molar-refractivity contribution < 1.29 is 0 Å². The van der Waals surface area contributed by atoms with E-state index in [1.54, 1.807) is 0 Å². The molecule has 2 nitrogen and oxygen atoms in total. The molecule has 0 radical (unpaired) electrons. The van der Waals surface area contributed by atoms with Crippen molar-refractivity contribution in [2.24, 2.45) is 0 Å². The second kappa shape index (κ2) is 5.51. The standard InChI is InChI=1S/C15H18N2/c1-10(2)13-7-12(5-6-16)8-14(11(3)4)15(13)9-17/h7-8,10-11H,5H2,1-4H3. The van der Waals surface area contributed by atoms with E-state index in [2.05, 4.69) is 39.8 Å². The Morgan fingerprint density at radius 3 is 1.76 bits per heavy atom. The fourth-order valence-corrected chi connectivity index (χ4v) is 1.99. The van der Waals surface area contributed by atoms with Crippen LogP contribution in [-0.2, 0) is 6.42 Å². The van der Waals surface area contributed by atoms with Crippen LogP contribution < -0.4 is 0 Å². The van der Waals surface area contributed by atoms with Crippen molar-refractivity contribution in [2.45, 2.75) is 46.0 Å². The van der Waals surface area contributed by atoms with Gasteiger partial charge in [0.2, 0.25) is 0 Å². The van der Waals surface area contributed by atoms with Gasteiger partial charge in [0, 0.05) is 0 Å². The first-order chi connectivity index (χ1) is 8.01. The highest BCUT2D eigenvalue weighted by Gasteiger charge is 2.15. The molecule has 0 aliphatic rings. The first-order valence-corrected chi connectivity index (χ1v) is 5.95. The van der Waals surface area contributed by atoms with Gasteiger partial charge in [-0.3, -0.25) is 0 Å². The van der Waals surface area contributed by atoms with Crippen molar-refractivity contribution in [2.75, 3.05) is 0 Å². The second-order valence-corrected chi connectivity index (χ2v) is 4.91. The van der Waals surface area contributed by atoms with Gasteiger partial charge in [-0.05, 0) is 28.5 Å². The molecule has 0 aliphatic carbocycles. The highest BCUT2D eigenvalue weighted by atomic mass is 14.3. The van der Waals surface area contributed by atoms with Crippen molar-refractivity contribution in [1.82, 2.24) is 0 Å². The van der Waals surface area contributed by atoms with Crippen LogP contribution in [0, 0.1) is 22.7 Å². The Morgan fingerprint density at radius 2 is 1.47 bits per heavy atom. The van der Waals surface area contributed by atoms with Crippen LogP contribution in [0.1, 0.15) is 61.8 Å². The molecule has 0 aromatic heterocycles. The van der Waals surface area contributed by atoms with Crippen LogP contribution in [0.2, 0.25) is 0 Å². The summed E-state index contributed by atoms with van der Waals surface area (Å²) in [7, 11) is 0. The van der Waals surface area contributed by atoms with E-state index in [0.717, 1.165) is 22.3 Å². The third-order valence-electron chi connectivity index (χ3n) is 2.90. The van der Waals surface area contributed by atoms with Gasteiger partial charge in [0.05, 0.1) is 24.1 Å². The van der Waals surface area contributed by atoms with Crippen molar-refractivity contribution in [1.29, 1.82) is 10.5 Å². The van der Waals surface area contributed by atoms with Crippen LogP contribution >= 0.6 is 0 Å². The minimum Gasteiger partial charge on any atom is -0.198 e. The summed E-state index contributed by atoms with van der Waals surface area (Å²) in [6.45, 7) is 8.32. The Bertz CT molecular complexity index is 456. The molecule has 0 bridgehead atoms. The predicted octanol–water partition coefficient (Wildman–Crippen LogP) is 3.87. The van der Waals surface area contributed by atoms with E-state index in [0.29, 0.717) is 18.3 Å². The van der Waals surface area contributed by atoms with Crippen LogP contribution in [0.25, 0.3) is 0 Å². The fourth-order valence-electron chi connectivity index (χ4n) is 1.99. The molecule has 0 saturated heterocycles. The molecule has 17 heavy (non-hydrogen) atoms. The molecule has 0 N–H and O–H groups in total. The minimum atomic E-state index is 0.306. The lowest BCUT2D eigenvalue weighted by Crippen LogP contribution is -2.02. The van der Waals surface area contributed by atoms with Crippen LogP contribution in [0.15, 0.2) is 12.1 Å². The number of hydrogen-bond donors (Lipinski definition) is 0. The van der Waals surface area contributed by atoms with Gasteiger partial charge in [-0.1, -0.05) is 39.8 Å². The zero-order valence-corrected chi connectivity index (χ0v) is 10.9. The van der Waals surface area contributed by atoms with Gasteiger partial charge in [-0.15, -0.1) is 0 Å². The predicted molar refractivity (Wildman–Crippen MR) is 68.7 cm³/mol. The molecule has 0 aliphatic heterocycles. The van der Waals surface area contributed by atoms with Gasteiger partial charge in [0.25, 0.3) is 0 Å². The molecule has 2 heteroatoms. The average Bonchev–Trinajstić information content (AvgIpc) is 2.28. The number of benzene rings is 1. The van der Waals surface area contributed by atoms with Gasteiger partial charge in [0.15, 0.2) is 0 Å². The van der Waals surface area contributed by atoms with Gasteiger partial charge < -0.3 is 0 Å². The highest BCUT2D eigenvalue weighted by Crippen LogP contribution is 2.29. The van der Waals surface area contributed by atoms with Gasteiger partial charge in [-0.2, -0.15) is 10.5 Å². The van der Waals surface area contributed by atoms with Gasteiger partial charge in [0.1, 0.15) is 0 Å². The molecule has 0 atom stereocenters. The molecule has 0 unspecified atom stereocenters. The van der Waals surface area contributed by atoms with Crippen molar-refractivity contribution >= 4 is 0 Å². The zero-order valence-electron chi connectivity index (χ0n) is 10.9. The smallest absolute Gasteiger partial charge is 0.0997 e. The summed E-state index contributed by atoms with van der Waals surface area (Å²) in [4.78, 5) is 0. The number of rotatable bonds is 3. The maximum Gasteiger partial charge on any atom is 0.0997 e. The largest absolute Gasteiger partial charge is 0.198 e. The lowest BCUT2D eigenvalue weighted by Gasteiger charge is -2.16. The Morgan fingerprint density at radius 1 is 1.00 bits per heavy atom. The summed E-state index contributed by atoms with van der Waals surface area (Å²) in [6, 6.07) is 8.48. The van der Waals surface area contributed by atoms with Crippen LogP contribution in [-0.4, -0.2) is 0 Å². The molecule has 0 spiro atoms. The van der Waals surface area contributed by atoms with E-state index >= 15 is 0 Å². The number of nitrogens with zero attached hydrogens (tertiary/aromatic N) is 2. The molecule has 1 aromatic rings. The summed E-state index contributed by atoms with van der Waals surface area (Å²) >= 11 is 0. The van der Waals surface area contributed by atoms with E-state index < -0.39 is 0 Å². The number of nitriles is 2. The van der Waals surface area contributed by atoms with E-state index in [9.17, 15) is 5.26 Å². The van der Waals surface area contributed by atoms with Crippen molar-refractivity contribution in [3.63, 3.8) is 0 Å².